The minimum Gasteiger partial charge on any atom is -0.336 e. The molecule has 0 aromatic rings. The highest BCUT2D eigenvalue weighted by molar-refractivity contribution is 5.80. The maximum atomic E-state index is 12.3. The molecule has 1 heterocycles. The molecule has 1 N–H and O–H groups in total. The summed E-state index contributed by atoms with van der Waals surface area (Å²) >= 11 is 0. The second-order valence-corrected chi connectivity index (χ2v) is 9.26. The van der Waals surface area contributed by atoms with E-state index in [1.54, 1.807) is 0 Å². The number of rotatable bonds is 20. The quantitative estimate of drug-likeness (QED) is 0.212. The molecular formula is C26H50N2O2. The third-order valence-corrected chi connectivity index (χ3v) is 6.38. The topological polar surface area (TPSA) is 49.4 Å². The number of amides is 2. The van der Waals surface area contributed by atoms with Crippen LogP contribution in [0, 0.1) is 0 Å². The lowest BCUT2D eigenvalue weighted by Gasteiger charge is -2.28. The van der Waals surface area contributed by atoms with Crippen molar-refractivity contribution in [2.75, 3.05) is 6.54 Å². The highest BCUT2D eigenvalue weighted by Gasteiger charge is 2.28. The first kappa shape index (κ1) is 27.0. The summed E-state index contributed by atoms with van der Waals surface area (Å²) in [5.74, 6) is 0.309. The van der Waals surface area contributed by atoms with Gasteiger partial charge >= 0.3 is 0 Å². The van der Waals surface area contributed by atoms with Crippen LogP contribution in [0.3, 0.4) is 0 Å². The van der Waals surface area contributed by atoms with Crippen LogP contribution in [0.5, 0.6) is 0 Å². The molecule has 1 fully saturated rings. The number of carbonyl (C=O) groups excluding carboxylic acids is 2. The number of nitrogens with one attached hydrogen (secondary N) is 1. The van der Waals surface area contributed by atoms with Gasteiger partial charge in [0.05, 0.1) is 0 Å². The van der Waals surface area contributed by atoms with E-state index in [-0.39, 0.29) is 18.0 Å². The van der Waals surface area contributed by atoms with E-state index >= 15 is 0 Å². The van der Waals surface area contributed by atoms with Gasteiger partial charge in [0, 0.05) is 19.4 Å². The average Bonchev–Trinajstić information content (AvgIpc) is 3.16. The van der Waals surface area contributed by atoms with E-state index in [2.05, 4.69) is 19.2 Å². The van der Waals surface area contributed by atoms with Crippen molar-refractivity contribution in [3.63, 3.8) is 0 Å². The summed E-state index contributed by atoms with van der Waals surface area (Å²) in [4.78, 5) is 26.1. The molecule has 0 saturated carbocycles. The molecule has 4 heteroatoms. The van der Waals surface area contributed by atoms with Gasteiger partial charge in [0.1, 0.15) is 6.17 Å². The fraction of sp³-hybridized carbons (Fsp3) is 0.923. The zero-order valence-electron chi connectivity index (χ0n) is 20.2. The Morgan fingerprint density at radius 3 is 1.73 bits per heavy atom. The highest BCUT2D eigenvalue weighted by Crippen LogP contribution is 2.16. The molecule has 0 aromatic heterocycles. The van der Waals surface area contributed by atoms with E-state index in [4.69, 9.17) is 0 Å². The van der Waals surface area contributed by atoms with E-state index in [0.717, 1.165) is 38.6 Å². The number of hydrogen-bond acceptors (Lipinski definition) is 2. The molecule has 0 radical (unpaired) electrons. The molecule has 0 aromatic carbocycles. The van der Waals surface area contributed by atoms with Crippen molar-refractivity contribution in [3.05, 3.63) is 0 Å². The number of carbonyl (C=O) groups is 2. The molecule has 1 atom stereocenters. The van der Waals surface area contributed by atoms with Gasteiger partial charge in [-0.1, -0.05) is 110 Å². The fourth-order valence-corrected chi connectivity index (χ4v) is 4.49. The zero-order chi connectivity index (χ0) is 21.9. The molecule has 1 saturated heterocycles. The largest absolute Gasteiger partial charge is 0.336 e. The molecule has 1 unspecified atom stereocenters. The van der Waals surface area contributed by atoms with Crippen molar-refractivity contribution in [2.24, 2.45) is 0 Å². The van der Waals surface area contributed by atoms with Gasteiger partial charge in [0.15, 0.2) is 0 Å². The zero-order valence-corrected chi connectivity index (χ0v) is 20.2. The third kappa shape index (κ3) is 13.3. The standard InChI is InChI=1S/C26H50N2O2/c1-3-5-6-7-8-9-10-11-12-13-14-15-16-17-18-21-25(29)27-24(20-4-2)28-23-19-22-26(28)30/h24H,3-23H2,1-2H3,(H,27,29). The smallest absolute Gasteiger partial charge is 0.224 e. The number of nitrogens with zero attached hydrogens (tertiary/aromatic N) is 1. The summed E-state index contributed by atoms with van der Waals surface area (Å²) in [5.41, 5.74) is 0. The predicted octanol–water partition coefficient (Wildman–Crippen LogP) is 7.11. The van der Waals surface area contributed by atoms with Crippen LogP contribution in [0.4, 0.5) is 0 Å². The summed E-state index contributed by atoms with van der Waals surface area (Å²) < 4.78 is 0. The van der Waals surface area contributed by atoms with Crippen LogP contribution in [0.2, 0.25) is 0 Å². The molecular weight excluding hydrogens is 372 g/mol. The first-order valence-electron chi connectivity index (χ1n) is 13.3. The van der Waals surface area contributed by atoms with Crippen LogP contribution in [0.1, 0.15) is 142 Å². The maximum Gasteiger partial charge on any atom is 0.224 e. The summed E-state index contributed by atoms with van der Waals surface area (Å²) in [6.45, 7) is 5.18. The number of unbranched alkanes of at least 4 members (excludes halogenated alkanes) is 14. The first-order chi connectivity index (χ1) is 14.7. The van der Waals surface area contributed by atoms with Gasteiger partial charge in [-0.05, 0) is 19.3 Å². The minimum absolute atomic E-state index is 0.0890. The van der Waals surface area contributed by atoms with Crippen molar-refractivity contribution in [3.8, 4) is 0 Å². The lowest BCUT2D eigenvalue weighted by molar-refractivity contribution is -0.132. The van der Waals surface area contributed by atoms with Crippen molar-refractivity contribution < 1.29 is 9.59 Å². The van der Waals surface area contributed by atoms with Gasteiger partial charge in [-0.2, -0.15) is 0 Å². The Morgan fingerprint density at radius 2 is 1.30 bits per heavy atom. The van der Waals surface area contributed by atoms with Gasteiger partial charge in [-0.3, -0.25) is 9.59 Å². The van der Waals surface area contributed by atoms with Crippen LogP contribution in [-0.4, -0.2) is 29.4 Å². The second-order valence-electron chi connectivity index (χ2n) is 9.26. The van der Waals surface area contributed by atoms with E-state index in [0.29, 0.717) is 12.8 Å². The summed E-state index contributed by atoms with van der Waals surface area (Å²) in [5, 5.41) is 3.11. The Hall–Kier alpha value is -1.06. The SMILES string of the molecule is CCCCCCCCCCCCCCCCCC(=O)NC(CCC)N1CCCC1=O. The Morgan fingerprint density at radius 1 is 0.800 bits per heavy atom. The average molecular weight is 423 g/mol. The number of likely N-dealkylation sites (tertiary alicyclic amines) is 1. The van der Waals surface area contributed by atoms with E-state index in [1.807, 2.05) is 4.90 Å². The Labute approximate surface area is 186 Å². The van der Waals surface area contributed by atoms with E-state index in [9.17, 15) is 9.59 Å². The Kier molecular flexibility index (Phi) is 16.8. The van der Waals surface area contributed by atoms with Crippen molar-refractivity contribution >= 4 is 11.8 Å². The summed E-state index contributed by atoms with van der Waals surface area (Å²) in [6, 6.07) is 0. The molecule has 0 aliphatic carbocycles. The van der Waals surface area contributed by atoms with Crippen molar-refractivity contribution in [2.45, 2.75) is 148 Å². The van der Waals surface area contributed by atoms with Gasteiger partial charge < -0.3 is 10.2 Å². The lowest BCUT2D eigenvalue weighted by atomic mass is 10.0. The highest BCUT2D eigenvalue weighted by atomic mass is 16.2. The van der Waals surface area contributed by atoms with E-state index < -0.39 is 0 Å². The van der Waals surface area contributed by atoms with Crippen LogP contribution in [0.15, 0.2) is 0 Å². The van der Waals surface area contributed by atoms with Crippen LogP contribution >= 0.6 is 0 Å². The van der Waals surface area contributed by atoms with Crippen molar-refractivity contribution in [1.29, 1.82) is 0 Å². The molecule has 4 nitrogen and oxygen atoms in total. The second kappa shape index (κ2) is 18.7. The molecule has 1 rings (SSSR count). The Bertz CT molecular complexity index is 439. The molecule has 176 valence electrons. The van der Waals surface area contributed by atoms with Gasteiger partial charge in [-0.15, -0.1) is 0 Å². The van der Waals surface area contributed by atoms with E-state index in [1.165, 1.54) is 83.5 Å². The van der Waals surface area contributed by atoms with Gasteiger partial charge in [-0.25, -0.2) is 0 Å². The minimum atomic E-state index is -0.0890. The lowest BCUT2D eigenvalue weighted by Crippen LogP contribution is -2.48. The molecule has 0 bridgehead atoms. The van der Waals surface area contributed by atoms with Crippen LogP contribution in [-0.2, 0) is 9.59 Å². The van der Waals surface area contributed by atoms with Gasteiger partial charge in [0.25, 0.3) is 0 Å². The first-order valence-corrected chi connectivity index (χ1v) is 13.3. The fourth-order valence-electron chi connectivity index (χ4n) is 4.49. The molecule has 2 amide bonds. The van der Waals surface area contributed by atoms with Crippen LogP contribution < -0.4 is 5.32 Å². The summed E-state index contributed by atoms with van der Waals surface area (Å²) in [7, 11) is 0. The predicted molar refractivity (Wildman–Crippen MR) is 127 cm³/mol. The monoisotopic (exact) mass is 422 g/mol. The molecule has 1 aliphatic rings. The number of hydrogen-bond donors (Lipinski definition) is 1. The Balaban J connectivity index is 1.91. The summed E-state index contributed by atoms with van der Waals surface area (Å²) in [6.07, 6.45) is 24.0. The van der Waals surface area contributed by atoms with Crippen molar-refractivity contribution in [1.82, 2.24) is 10.2 Å². The molecule has 30 heavy (non-hydrogen) atoms. The third-order valence-electron chi connectivity index (χ3n) is 6.38. The van der Waals surface area contributed by atoms with Crippen LogP contribution in [0.25, 0.3) is 0 Å². The normalized spacial score (nSPS) is 15.0. The molecule has 0 spiro atoms. The maximum absolute atomic E-state index is 12.3. The van der Waals surface area contributed by atoms with Gasteiger partial charge in [0.2, 0.25) is 11.8 Å². The molecule has 1 aliphatic heterocycles.